The van der Waals surface area contributed by atoms with Crippen molar-refractivity contribution in [3.63, 3.8) is 0 Å². The van der Waals surface area contributed by atoms with Crippen LogP contribution in [0.5, 0.6) is 0 Å². The lowest BCUT2D eigenvalue weighted by Gasteiger charge is -2.16. The van der Waals surface area contributed by atoms with E-state index < -0.39 is 11.6 Å². The second-order valence-electron chi connectivity index (χ2n) is 4.99. The van der Waals surface area contributed by atoms with Gasteiger partial charge in [0.1, 0.15) is 17.3 Å². The van der Waals surface area contributed by atoms with Crippen LogP contribution in [0.3, 0.4) is 0 Å². The molecule has 1 N–H and O–H groups in total. The molecule has 0 spiro atoms. The highest BCUT2D eigenvalue weighted by atomic mass is 79.9. The van der Waals surface area contributed by atoms with Gasteiger partial charge in [-0.2, -0.15) is 0 Å². The molecule has 0 bridgehead atoms. The second-order valence-corrected chi connectivity index (χ2v) is 5.91. The number of rotatable bonds is 8. The quantitative estimate of drug-likeness (QED) is 0.585. The van der Waals surface area contributed by atoms with Crippen molar-refractivity contribution < 1.29 is 8.78 Å². The van der Waals surface area contributed by atoms with E-state index in [2.05, 4.69) is 28.2 Å². The topological polar surface area (TPSA) is 12.0 Å². The van der Waals surface area contributed by atoms with Gasteiger partial charge in [-0.05, 0) is 25.5 Å². The standard InChI is InChI=1S/C15H22BrF2N/c1-3-4-5-6-7-8-11(2)19-15-13(17)9-12(16)10-14(15)18/h9-11,19H,3-8H2,1-2H3. The van der Waals surface area contributed by atoms with Crippen LogP contribution in [-0.2, 0) is 0 Å². The van der Waals surface area contributed by atoms with Crippen molar-refractivity contribution in [1.29, 1.82) is 0 Å². The number of hydrogen-bond acceptors (Lipinski definition) is 1. The van der Waals surface area contributed by atoms with Gasteiger partial charge in [-0.25, -0.2) is 8.78 Å². The van der Waals surface area contributed by atoms with Crippen molar-refractivity contribution >= 4 is 21.6 Å². The predicted octanol–water partition coefficient (Wildman–Crippen LogP) is 5.89. The van der Waals surface area contributed by atoms with Crippen LogP contribution >= 0.6 is 15.9 Å². The molecule has 0 aliphatic rings. The smallest absolute Gasteiger partial charge is 0.150 e. The van der Waals surface area contributed by atoms with Crippen LogP contribution in [0, 0.1) is 11.6 Å². The summed E-state index contributed by atoms with van der Waals surface area (Å²) >= 11 is 3.07. The average Bonchev–Trinajstić information content (AvgIpc) is 2.33. The van der Waals surface area contributed by atoms with Crippen LogP contribution in [0.25, 0.3) is 0 Å². The van der Waals surface area contributed by atoms with Crippen LogP contribution in [0.2, 0.25) is 0 Å². The number of halogens is 3. The van der Waals surface area contributed by atoms with Gasteiger partial charge in [0.15, 0.2) is 0 Å². The normalized spacial score (nSPS) is 12.5. The van der Waals surface area contributed by atoms with E-state index in [4.69, 9.17) is 0 Å². The maximum Gasteiger partial charge on any atom is 0.150 e. The third-order valence-corrected chi connectivity index (χ3v) is 3.60. The van der Waals surface area contributed by atoms with Gasteiger partial charge in [-0.1, -0.05) is 55.0 Å². The van der Waals surface area contributed by atoms with Crippen molar-refractivity contribution in [2.45, 2.75) is 58.4 Å². The molecule has 0 aliphatic heterocycles. The van der Waals surface area contributed by atoms with Crippen LogP contribution in [0.15, 0.2) is 16.6 Å². The molecule has 0 heterocycles. The Morgan fingerprint density at radius 1 is 1.11 bits per heavy atom. The second kappa shape index (κ2) is 8.51. The van der Waals surface area contributed by atoms with Crippen LogP contribution < -0.4 is 5.32 Å². The highest BCUT2D eigenvalue weighted by Gasteiger charge is 2.12. The van der Waals surface area contributed by atoms with Gasteiger partial charge in [0.25, 0.3) is 0 Å². The van der Waals surface area contributed by atoms with Crippen molar-refractivity contribution in [3.05, 3.63) is 28.2 Å². The first kappa shape index (κ1) is 16.4. The third-order valence-electron chi connectivity index (χ3n) is 3.14. The summed E-state index contributed by atoms with van der Waals surface area (Å²) in [5.41, 5.74) is -0.0238. The number of anilines is 1. The average molecular weight is 334 g/mol. The molecule has 4 heteroatoms. The summed E-state index contributed by atoms with van der Waals surface area (Å²) in [5, 5.41) is 2.93. The fourth-order valence-corrected chi connectivity index (χ4v) is 2.45. The molecule has 0 fully saturated rings. The van der Waals surface area contributed by atoms with E-state index in [-0.39, 0.29) is 11.7 Å². The van der Waals surface area contributed by atoms with Gasteiger partial charge in [-0.3, -0.25) is 0 Å². The Bertz CT molecular complexity index is 373. The largest absolute Gasteiger partial charge is 0.378 e. The molecule has 0 aromatic heterocycles. The molecule has 19 heavy (non-hydrogen) atoms. The summed E-state index contributed by atoms with van der Waals surface area (Å²) in [5.74, 6) is -1.10. The number of hydrogen-bond donors (Lipinski definition) is 1. The minimum absolute atomic E-state index is 0.0238. The van der Waals surface area contributed by atoms with Crippen LogP contribution in [-0.4, -0.2) is 6.04 Å². The molecule has 0 saturated heterocycles. The zero-order valence-corrected chi connectivity index (χ0v) is 13.2. The van der Waals surface area contributed by atoms with Crippen LogP contribution in [0.4, 0.5) is 14.5 Å². The zero-order chi connectivity index (χ0) is 14.3. The summed E-state index contributed by atoms with van der Waals surface area (Å²) < 4.78 is 27.7. The van der Waals surface area contributed by atoms with E-state index >= 15 is 0 Å². The van der Waals surface area contributed by atoms with Gasteiger partial charge in [0.05, 0.1) is 0 Å². The van der Waals surface area contributed by atoms with E-state index in [9.17, 15) is 8.78 Å². The minimum Gasteiger partial charge on any atom is -0.378 e. The van der Waals surface area contributed by atoms with E-state index in [0.717, 1.165) is 12.8 Å². The van der Waals surface area contributed by atoms with E-state index in [1.54, 1.807) is 0 Å². The Labute approximate surface area is 122 Å². The zero-order valence-electron chi connectivity index (χ0n) is 11.6. The molecule has 0 radical (unpaired) electrons. The number of unbranched alkanes of at least 4 members (excludes halogenated alkanes) is 4. The Morgan fingerprint density at radius 2 is 1.68 bits per heavy atom. The third kappa shape index (κ3) is 5.89. The number of benzene rings is 1. The number of nitrogens with one attached hydrogen (secondary N) is 1. The first-order valence-corrected chi connectivity index (χ1v) is 7.75. The highest BCUT2D eigenvalue weighted by Crippen LogP contribution is 2.25. The molecule has 1 aromatic carbocycles. The van der Waals surface area contributed by atoms with Gasteiger partial charge < -0.3 is 5.32 Å². The van der Waals surface area contributed by atoms with Gasteiger partial charge in [0.2, 0.25) is 0 Å². The first-order chi connectivity index (χ1) is 9.04. The molecule has 1 nitrogen and oxygen atoms in total. The molecule has 1 atom stereocenters. The molecule has 108 valence electrons. The maximum atomic E-state index is 13.6. The lowest BCUT2D eigenvalue weighted by Crippen LogP contribution is -2.17. The van der Waals surface area contributed by atoms with Gasteiger partial charge in [-0.15, -0.1) is 0 Å². The minimum atomic E-state index is -0.551. The van der Waals surface area contributed by atoms with E-state index in [0.29, 0.717) is 4.47 Å². The molecule has 1 unspecified atom stereocenters. The van der Waals surface area contributed by atoms with E-state index in [1.807, 2.05) is 6.92 Å². The maximum absolute atomic E-state index is 13.6. The van der Waals surface area contributed by atoms with Gasteiger partial charge in [0, 0.05) is 10.5 Å². The fraction of sp³-hybridized carbons (Fsp3) is 0.600. The Kier molecular flexibility index (Phi) is 7.36. The molecule has 0 amide bonds. The van der Waals surface area contributed by atoms with Gasteiger partial charge >= 0.3 is 0 Å². The Balaban J connectivity index is 2.42. The van der Waals surface area contributed by atoms with Crippen LogP contribution in [0.1, 0.15) is 52.4 Å². The molecular weight excluding hydrogens is 312 g/mol. The summed E-state index contributed by atoms with van der Waals surface area (Å²) in [6.07, 6.45) is 6.93. The highest BCUT2D eigenvalue weighted by molar-refractivity contribution is 9.10. The summed E-state index contributed by atoms with van der Waals surface area (Å²) in [6.45, 7) is 4.14. The lowest BCUT2D eigenvalue weighted by atomic mass is 10.1. The molecule has 1 aromatic rings. The molecular formula is C15H22BrF2N. The first-order valence-electron chi connectivity index (χ1n) is 6.95. The molecule has 0 aliphatic carbocycles. The Morgan fingerprint density at radius 3 is 2.26 bits per heavy atom. The lowest BCUT2D eigenvalue weighted by molar-refractivity contribution is 0.559. The molecule has 0 saturated carbocycles. The molecule has 1 rings (SSSR count). The SMILES string of the molecule is CCCCCCCC(C)Nc1c(F)cc(Br)cc1F. The van der Waals surface area contributed by atoms with E-state index in [1.165, 1.54) is 37.8 Å². The van der Waals surface area contributed by atoms with Crippen molar-refractivity contribution in [1.82, 2.24) is 0 Å². The summed E-state index contributed by atoms with van der Waals surface area (Å²) in [7, 11) is 0. The monoisotopic (exact) mass is 333 g/mol. The van der Waals surface area contributed by atoms with Crippen molar-refractivity contribution in [2.75, 3.05) is 5.32 Å². The van der Waals surface area contributed by atoms with Crippen molar-refractivity contribution in [3.8, 4) is 0 Å². The fourth-order valence-electron chi connectivity index (χ4n) is 2.05. The summed E-state index contributed by atoms with van der Waals surface area (Å²) in [6, 6.07) is 2.63. The Hall–Kier alpha value is -0.640. The van der Waals surface area contributed by atoms with Crippen molar-refractivity contribution in [2.24, 2.45) is 0 Å². The predicted molar refractivity (Wildman–Crippen MR) is 80.5 cm³/mol. The summed E-state index contributed by atoms with van der Waals surface area (Å²) in [4.78, 5) is 0.